The summed E-state index contributed by atoms with van der Waals surface area (Å²) in [6, 6.07) is 13.2. The van der Waals surface area contributed by atoms with Crippen LogP contribution in [-0.2, 0) is 10.2 Å². The minimum atomic E-state index is -0.504. The van der Waals surface area contributed by atoms with Crippen LogP contribution in [0.25, 0.3) is 0 Å². The molecule has 1 aliphatic rings. The SMILES string of the molecule is CCCOc1ccc(NC(=O)C2(c3ccc(OC)cc3)CCCC2)cc1Cl. The number of nitrogens with one attached hydrogen (secondary N) is 1. The zero-order valence-corrected chi connectivity index (χ0v) is 16.6. The van der Waals surface area contributed by atoms with Gasteiger partial charge in [0, 0.05) is 5.69 Å². The molecule has 4 nitrogen and oxygen atoms in total. The standard InChI is InChI=1S/C22H26ClNO3/c1-3-14-27-20-11-8-17(15-19(20)23)24-21(25)22(12-4-5-13-22)16-6-9-18(26-2)10-7-16/h6-11,15H,3-5,12-14H2,1-2H3,(H,24,25). The summed E-state index contributed by atoms with van der Waals surface area (Å²) in [6.07, 6.45) is 4.69. The molecule has 3 rings (SSSR count). The summed E-state index contributed by atoms with van der Waals surface area (Å²) in [5, 5.41) is 3.57. The van der Waals surface area contributed by atoms with Gasteiger partial charge in [0.15, 0.2) is 0 Å². The van der Waals surface area contributed by atoms with Crippen LogP contribution in [0.2, 0.25) is 5.02 Å². The zero-order chi connectivity index (χ0) is 19.3. The molecule has 144 valence electrons. The minimum absolute atomic E-state index is 0.0171. The molecule has 0 aliphatic heterocycles. The van der Waals surface area contributed by atoms with Crippen molar-refractivity contribution in [3.63, 3.8) is 0 Å². The second-order valence-electron chi connectivity index (χ2n) is 6.97. The number of methoxy groups -OCH3 is 1. The number of ether oxygens (including phenoxy) is 2. The highest BCUT2D eigenvalue weighted by atomic mass is 35.5. The zero-order valence-electron chi connectivity index (χ0n) is 15.9. The van der Waals surface area contributed by atoms with Crippen molar-refractivity contribution in [1.29, 1.82) is 0 Å². The number of anilines is 1. The monoisotopic (exact) mass is 387 g/mol. The average molecular weight is 388 g/mol. The Morgan fingerprint density at radius 3 is 2.44 bits per heavy atom. The van der Waals surface area contributed by atoms with Crippen molar-refractivity contribution in [2.75, 3.05) is 19.0 Å². The van der Waals surface area contributed by atoms with Crippen molar-refractivity contribution < 1.29 is 14.3 Å². The molecule has 0 aromatic heterocycles. The smallest absolute Gasteiger partial charge is 0.235 e. The molecule has 0 radical (unpaired) electrons. The molecule has 1 aliphatic carbocycles. The molecule has 0 bridgehead atoms. The van der Waals surface area contributed by atoms with E-state index in [9.17, 15) is 4.79 Å². The van der Waals surface area contributed by atoms with E-state index in [0.717, 1.165) is 43.4 Å². The fourth-order valence-corrected chi connectivity index (χ4v) is 3.93. The van der Waals surface area contributed by atoms with Crippen LogP contribution in [-0.4, -0.2) is 19.6 Å². The largest absolute Gasteiger partial charge is 0.497 e. The van der Waals surface area contributed by atoms with Crippen molar-refractivity contribution in [3.8, 4) is 11.5 Å². The predicted octanol–water partition coefficient (Wildman–Crippen LogP) is 5.59. The van der Waals surface area contributed by atoms with Gasteiger partial charge < -0.3 is 14.8 Å². The summed E-state index contributed by atoms with van der Waals surface area (Å²) >= 11 is 6.30. The number of halogens is 1. The van der Waals surface area contributed by atoms with Crippen LogP contribution in [0.4, 0.5) is 5.69 Å². The van der Waals surface area contributed by atoms with Gasteiger partial charge in [-0.25, -0.2) is 0 Å². The van der Waals surface area contributed by atoms with E-state index in [2.05, 4.69) is 5.32 Å². The van der Waals surface area contributed by atoms with E-state index in [1.54, 1.807) is 13.2 Å². The Bertz CT molecular complexity index is 783. The lowest BCUT2D eigenvalue weighted by Gasteiger charge is -2.28. The van der Waals surface area contributed by atoms with Gasteiger partial charge in [-0.2, -0.15) is 0 Å². The first-order valence-corrected chi connectivity index (χ1v) is 9.85. The molecule has 0 saturated heterocycles. The van der Waals surface area contributed by atoms with Crippen molar-refractivity contribution in [2.45, 2.75) is 44.4 Å². The maximum Gasteiger partial charge on any atom is 0.235 e. The molecule has 2 aromatic carbocycles. The van der Waals surface area contributed by atoms with Gasteiger partial charge in [0.2, 0.25) is 5.91 Å². The van der Waals surface area contributed by atoms with Crippen LogP contribution >= 0.6 is 11.6 Å². The van der Waals surface area contributed by atoms with Crippen LogP contribution < -0.4 is 14.8 Å². The van der Waals surface area contributed by atoms with E-state index in [1.165, 1.54) is 0 Å². The van der Waals surface area contributed by atoms with Gasteiger partial charge in [-0.3, -0.25) is 4.79 Å². The van der Waals surface area contributed by atoms with Crippen molar-refractivity contribution >= 4 is 23.2 Å². The topological polar surface area (TPSA) is 47.6 Å². The quantitative estimate of drug-likeness (QED) is 0.673. The van der Waals surface area contributed by atoms with Gasteiger partial charge in [-0.15, -0.1) is 0 Å². The molecule has 0 unspecified atom stereocenters. The molecule has 1 N–H and O–H groups in total. The predicted molar refractivity (Wildman–Crippen MR) is 109 cm³/mol. The number of hydrogen-bond donors (Lipinski definition) is 1. The molecule has 1 fully saturated rings. The highest BCUT2D eigenvalue weighted by molar-refractivity contribution is 6.32. The molecule has 1 saturated carbocycles. The molecule has 5 heteroatoms. The van der Waals surface area contributed by atoms with E-state index in [0.29, 0.717) is 23.1 Å². The first-order chi connectivity index (χ1) is 13.1. The summed E-state index contributed by atoms with van der Waals surface area (Å²) in [4.78, 5) is 13.2. The fourth-order valence-electron chi connectivity index (χ4n) is 3.69. The van der Waals surface area contributed by atoms with Crippen LogP contribution in [0, 0.1) is 0 Å². The Kier molecular flexibility index (Phi) is 6.27. The third-order valence-corrected chi connectivity index (χ3v) is 5.48. The van der Waals surface area contributed by atoms with Crippen molar-refractivity contribution in [1.82, 2.24) is 0 Å². The van der Waals surface area contributed by atoms with Gasteiger partial charge in [0.05, 0.1) is 24.2 Å². The van der Waals surface area contributed by atoms with E-state index in [4.69, 9.17) is 21.1 Å². The Labute approximate surface area is 165 Å². The Hall–Kier alpha value is -2.20. The summed E-state index contributed by atoms with van der Waals surface area (Å²) in [7, 11) is 1.64. The highest BCUT2D eigenvalue weighted by Gasteiger charge is 2.42. The Morgan fingerprint density at radius 1 is 1.15 bits per heavy atom. The van der Waals surface area contributed by atoms with Gasteiger partial charge in [-0.1, -0.05) is 43.5 Å². The summed E-state index contributed by atoms with van der Waals surface area (Å²) in [5.74, 6) is 1.45. The van der Waals surface area contributed by atoms with Crippen LogP contribution in [0.5, 0.6) is 11.5 Å². The lowest BCUT2D eigenvalue weighted by molar-refractivity contribution is -0.121. The van der Waals surface area contributed by atoms with E-state index >= 15 is 0 Å². The summed E-state index contributed by atoms with van der Waals surface area (Å²) in [6.45, 7) is 2.66. The van der Waals surface area contributed by atoms with Gasteiger partial charge in [-0.05, 0) is 55.2 Å². The first kappa shape index (κ1) is 19.6. The fraction of sp³-hybridized carbons (Fsp3) is 0.409. The first-order valence-electron chi connectivity index (χ1n) is 9.47. The Morgan fingerprint density at radius 2 is 1.85 bits per heavy atom. The minimum Gasteiger partial charge on any atom is -0.497 e. The number of carbonyl (C=O) groups excluding carboxylic acids is 1. The molecule has 0 heterocycles. The molecule has 0 atom stereocenters. The van der Waals surface area contributed by atoms with Crippen LogP contribution in [0.3, 0.4) is 0 Å². The molecule has 1 amide bonds. The number of hydrogen-bond acceptors (Lipinski definition) is 3. The second kappa shape index (κ2) is 8.66. The van der Waals surface area contributed by atoms with Crippen LogP contribution in [0.1, 0.15) is 44.6 Å². The number of carbonyl (C=O) groups is 1. The normalized spacial score (nSPS) is 15.4. The van der Waals surface area contributed by atoms with Gasteiger partial charge in [0.25, 0.3) is 0 Å². The number of rotatable bonds is 7. The summed E-state index contributed by atoms with van der Waals surface area (Å²) in [5.41, 5.74) is 1.22. The van der Waals surface area contributed by atoms with E-state index < -0.39 is 5.41 Å². The van der Waals surface area contributed by atoms with E-state index in [1.807, 2.05) is 43.3 Å². The lowest BCUT2D eigenvalue weighted by atomic mass is 9.78. The lowest BCUT2D eigenvalue weighted by Crippen LogP contribution is -2.37. The maximum absolute atomic E-state index is 13.2. The molecule has 0 spiro atoms. The highest BCUT2D eigenvalue weighted by Crippen LogP contribution is 2.42. The van der Waals surface area contributed by atoms with E-state index in [-0.39, 0.29) is 5.91 Å². The second-order valence-corrected chi connectivity index (χ2v) is 7.37. The number of benzene rings is 2. The van der Waals surface area contributed by atoms with Gasteiger partial charge in [0.1, 0.15) is 11.5 Å². The third-order valence-electron chi connectivity index (χ3n) is 5.19. The average Bonchev–Trinajstić information content (AvgIpc) is 3.19. The maximum atomic E-state index is 13.2. The Balaban J connectivity index is 1.80. The molecular formula is C22H26ClNO3. The van der Waals surface area contributed by atoms with Crippen molar-refractivity contribution in [3.05, 3.63) is 53.1 Å². The van der Waals surface area contributed by atoms with Crippen molar-refractivity contribution in [2.24, 2.45) is 0 Å². The molecule has 2 aromatic rings. The molecule has 27 heavy (non-hydrogen) atoms. The van der Waals surface area contributed by atoms with Gasteiger partial charge >= 0.3 is 0 Å². The number of amides is 1. The van der Waals surface area contributed by atoms with Crippen LogP contribution in [0.15, 0.2) is 42.5 Å². The molecular weight excluding hydrogens is 362 g/mol. The third kappa shape index (κ3) is 4.22. The summed E-state index contributed by atoms with van der Waals surface area (Å²) < 4.78 is 10.8.